The molecule has 0 saturated heterocycles. The van der Waals surface area contributed by atoms with Gasteiger partial charge in [-0.25, -0.2) is 9.97 Å². The van der Waals surface area contributed by atoms with Crippen LogP contribution in [0.4, 0.5) is 0 Å². The maximum absolute atomic E-state index is 9.26. The first-order chi connectivity index (χ1) is 21.7. The SMILES string of the molecule is N#Cc1ccc(-c2cc(-c3ccc(-c4cccc5c4ccc4cc6ccccc6cc45)cc3)nc(-c3ccccc3)n2)cc1. The number of benzene rings is 7. The van der Waals surface area contributed by atoms with Crippen LogP contribution < -0.4 is 0 Å². The van der Waals surface area contributed by atoms with E-state index in [1.54, 1.807) is 0 Å². The average Bonchev–Trinajstić information content (AvgIpc) is 3.10. The molecule has 0 aliphatic carbocycles. The van der Waals surface area contributed by atoms with Crippen molar-refractivity contribution >= 4 is 32.3 Å². The molecule has 3 nitrogen and oxygen atoms in total. The van der Waals surface area contributed by atoms with Gasteiger partial charge in [0.2, 0.25) is 0 Å². The van der Waals surface area contributed by atoms with E-state index in [1.807, 2.05) is 60.7 Å². The van der Waals surface area contributed by atoms with Crippen molar-refractivity contribution in [3.05, 3.63) is 157 Å². The summed E-state index contributed by atoms with van der Waals surface area (Å²) in [6.07, 6.45) is 0. The maximum Gasteiger partial charge on any atom is 0.160 e. The van der Waals surface area contributed by atoms with Crippen molar-refractivity contribution in [2.75, 3.05) is 0 Å². The highest BCUT2D eigenvalue weighted by atomic mass is 14.9. The van der Waals surface area contributed by atoms with Crippen LogP contribution in [0.1, 0.15) is 5.56 Å². The molecule has 0 atom stereocenters. The summed E-state index contributed by atoms with van der Waals surface area (Å²) in [4.78, 5) is 9.88. The molecule has 1 aromatic heterocycles. The normalized spacial score (nSPS) is 11.2. The predicted octanol–water partition coefficient (Wildman–Crippen LogP) is 10.5. The quantitative estimate of drug-likeness (QED) is 0.159. The fourth-order valence-electron chi connectivity index (χ4n) is 6.03. The average molecular weight is 560 g/mol. The smallest absolute Gasteiger partial charge is 0.160 e. The molecule has 0 N–H and O–H groups in total. The highest BCUT2D eigenvalue weighted by molar-refractivity contribution is 6.15. The van der Waals surface area contributed by atoms with E-state index < -0.39 is 0 Å². The largest absolute Gasteiger partial charge is 0.228 e. The Kier molecular flexibility index (Phi) is 6.18. The zero-order chi connectivity index (χ0) is 29.5. The van der Waals surface area contributed by atoms with Gasteiger partial charge >= 0.3 is 0 Å². The van der Waals surface area contributed by atoms with Gasteiger partial charge in [-0.05, 0) is 73.8 Å². The van der Waals surface area contributed by atoms with Crippen LogP contribution in [0.3, 0.4) is 0 Å². The van der Waals surface area contributed by atoms with E-state index in [2.05, 4.69) is 97.1 Å². The topological polar surface area (TPSA) is 49.6 Å². The molecule has 204 valence electrons. The highest BCUT2D eigenvalue weighted by Crippen LogP contribution is 2.36. The lowest BCUT2D eigenvalue weighted by atomic mass is 9.93. The number of hydrogen-bond acceptors (Lipinski definition) is 3. The molecule has 0 unspecified atom stereocenters. The minimum Gasteiger partial charge on any atom is -0.228 e. The Morgan fingerprint density at radius 1 is 0.409 bits per heavy atom. The molecular weight excluding hydrogens is 534 g/mol. The van der Waals surface area contributed by atoms with Crippen molar-refractivity contribution in [2.45, 2.75) is 0 Å². The van der Waals surface area contributed by atoms with Crippen LogP contribution >= 0.6 is 0 Å². The molecule has 0 aliphatic rings. The second kappa shape index (κ2) is 10.6. The van der Waals surface area contributed by atoms with E-state index in [9.17, 15) is 5.26 Å². The van der Waals surface area contributed by atoms with E-state index in [-0.39, 0.29) is 0 Å². The lowest BCUT2D eigenvalue weighted by Gasteiger charge is -2.12. The van der Waals surface area contributed by atoms with Crippen LogP contribution in [0.25, 0.3) is 77.3 Å². The molecule has 0 amide bonds. The van der Waals surface area contributed by atoms with Gasteiger partial charge in [-0.3, -0.25) is 0 Å². The molecule has 0 spiro atoms. The minimum absolute atomic E-state index is 0.622. The van der Waals surface area contributed by atoms with Crippen molar-refractivity contribution in [3.8, 4) is 51.1 Å². The van der Waals surface area contributed by atoms with Gasteiger partial charge in [0.25, 0.3) is 0 Å². The van der Waals surface area contributed by atoms with Crippen LogP contribution in [0.5, 0.6) is 0 Å². The van der Waals surface area contributed by atoms with E-state index in [1.165, 1.54) is 37.9 Å². The first-order valence-corrected chi connectivity index (χ1v) is 14.6. The second-order valence-electron chi connectivity index (χ2n) is 11.0. The number of rotatable bonds is 4. The molecule has 0 saturated carbocycles. The van der Waals surface area contributed by atoms with Crippen molar-refractivity contribution in [1.29, 1.82) is 5.26 Å². The van der Waals surface area contributed by atoms with Crippen molar-refractivity contribution in [2.24, 2.45) is 0 Å². The van der Waals surface area contributed by atoms with Gasteiger partial charge in [-0.2, -0.15) is 5.26 Å². The number of hydrogen-bond donors (Lipinski definition) is 0. The summed E-state index contributed by atoms with van der Waals surface area (Å²) >= 11 is 0. The Bertz CT molecular complexity index is 2370. The van der Waals surface area contributed by atoms with Gasteiger partial charge in [-0.1, -0.05) is 121 Å². The molecular formula is C41H25N3. The Morgan fingerprint density at radius 2 is 1.05 bits per heavy atom. The van der Waals surface area contributed by atoms with E-state index in [4.69, 9.17) is 9.97 Å². The van der Waals surface area contributed by atoms with Crippen molar-refractivity contribution in [3.63, 3.8) is 0 Å². The van der Waals surface area contributed by atoms with E-state index in [0.29, 0.717) is 11.4 Å². The summed E-state index contributed by atoms with van der Waals surface area (Å²) in [6, 6.07) is 54.6. The van der Waals surface area contributed by atoms with Crippen molar-refractivity contribution in [1.82, 2.24) is 9.97 Å². The molecule has 3 heteroatoms. The third kappa shape index (κ3) is 4.56. The summed E-state index contributed by atoms with van der Waals surface area (Å²) in [7, 11) is 0. The van der Waals surface area contributed by atoms with E-state index >= 15 is 0 Å². The lowest BCUT2D eigenvalue weighted by molar-refractivity contribution is 1.18. The highest BCUT2D eigenvalue weighted by Gasteiger charge is 2.12. The molecule has 0 radical (unpaired) electrons. The van der Waals surface area contributed by atoms with Crippen LogP contribution in [0.2, 0.25) is 0 Å². The van der Waals surface area contributed by atoms with Gasteiger partial charge in [0.15, 0.2) is 5.82 Å². The molecule has 7 aromatic carbocycles. The Labute approximate surface area is 255 Å². The number of nitriles is 1. The van der Waals surface area contributed by atoms with Gasteiger partial charge in [-0.15, -0.1) is 0 Å². The predicted molar refractivity (Wildman–Crippen MR) is 181 cm³/mol. The van der Waals surface area contributed by atoms with Gasteiger partial charge in [0.1, 0.15) is 0 Å². The molecule has 8 aromatic rings. The zero-order valence-electron chi connectivity index (χ0n) is 23.8. The van der Waals surface area contributed by atoms with Crippen LogP contribution in [0, 0.1) is 11.3 Å². The van der Waals surface area contributed by atoms with Crippen LogP contribution in [0.15, 0.2) is 152 Å². The Balaban J connectivity index is 1.22. The zero-order valence-corrected chi connectivity index (χ0v) is 23.8. The maximum atomic E-state index is 9.26. The Morgan fingerprint density at radius 3 is 1.75 bits per heavy atom. The lowest BCUT2D eigenvalue weighted by Crippen LogP contribution is -1.96. The monoisotopic (exact) mass is 559 g/mol. The molecule has 44 heavy (non-hydrogen) atoms. The van der Waals surface area contributed by atoms with Crippen LogP contribution in [-0.4, -0.2) is 9.97 Å². The summed E-state index contributed by atoms with van der Waals surface area (Å²) < 4.78 is 0. The summed E-state index contributed by atoms with van der Waals surface area (Å²) in [5, 5.41) is 16.8. The fourth-order valence-corrected chi connectivity index (χ4v) is 6.03. The number of nitrogens with zero attached hydrogens (tertiary/aromatic N) is 3. The summed E-state index contributed by atoms with van der Waals surface area (Å²) in [6.45, 7) is 0. The molecule has 0 aliphatic heterocycles. The Hall–Kier alpha value is -6.11. The minimum atomic E-state index is 0.622. The summed E-state index contributed by atoms with van der Waals surface area (Å²) in [5.41, 5.74) is 7.56. The second-order valence-corrected chi connectivity index (χ2v) is 11.0. The molecule has 1 heterocycles. The molecule has 0 fully saturated rings. The third-order valence-corrected chi connectivity index (χ3v) is 8.30. The fraction of sp³-hybridized carbons (Fsp3) is 0. The van der Waals surface area contributed by atoms with Gasteiger partial charge in [0.05, 0.1) is 23.0 Å². The number of aromatic nitrogens is 2. The van der Waals surface area contributed by atoms with E-state index in [0.717, 1.165) is 33.6 Å². The van der Waals surface area contributed by atoms with Crippen LogP contribution in [-0.2, 0) is 0 Å². The molecule has 0 bridgehead atoms. The first kappa shape index (κ1) is 25.6. The number of fused-ring (bicyclic) bond motifs is 4. The van der Waals surface area contributed by atoms with Crippen molar-refractivity contribution < 1.29 is 0 Å². The third-order valence-electron chi connectivity index (χ3n) is 8.30. The standard InChI is InChI=1S/C41H25N3/c42-26-27-13-15-29(16-14-27)39-25-40(44-41(43-39)31-7-2-1-3-8-31)30-19-17-28(18-20-30)35-11-6-12-36-37(35)22-21-34-23-32-9-4-5-10-33(32)24-38(34)36/h1-25H. The first-order valence-electron chi connectivity index (χ1n) is 14.6. The van der Waals surface area contributed by atoms with Gasteiger partial charge < -0.3 is 0 Å². The molecule has 8 rings (SSSR count). The van der Waals surface area contributed by atoms with Gasteiger partial charge in [0, 0.05) is 16.7 Å². The summed E-state index contributed by atoms with van der Waals surface area (Å²) in [5.74, 6) is 0.667.